The van der Waals surface area contributed by atoms with Gasteiger partial charge in [-0.1, -0.05) is 13.3 Å². The Labute approximate surface area is 79.1 Å². The van der Waals surface area contributed by atoms with E-state index in [-0.39, 0.29) is 6.10 Å². The lowest BCUT2D eigenvalue weighted by Gasteiger charge is -2.11. The Kier molecular flexibility index (Phi) is 5.04. The third-order valence-corrected chi connectivity index (χ3v) is 3.52. The van der Waals surface area contributed by atoms with Gasteiger partial charge in [0, 0.05) is 19.0 Å². The average molecular weight is 189 g/mol. The molecule has 0 unspecified atom stereocenters. The number of hydrogen-bond acceptors (Lipinski definition) is 3. The van der Waals surface area contributed by atoms with Crippen LogP contribution in [0.2, 0.25) is 0 Å². The number of nitrogens with one attached hydrogen (secondary N) is 1. The Bertz CT molecular complexity index is 121. The van der Waals surface area contributed by atoms with Crippen molar-refractivity contribution in [1.29, 1.82) is 0 Å². The lowest BCUT2D eigenvalue weighted by molar-refractivity contribution is 0.158. The molecule has 0 aromatic carbocycles. The number of unbranched alkanes of at least 4 members (excludes halogenated alkanes) is 1. The normalized spacial score (nSPS) is 29.5. The number of thioether (sulfide) groups is 1. The SMILES string of the molecule is CCCCSC[C@H]1CNC[C@@H]1O. The molecule has 3 heteroatoms. The summed E-state index contributed by atoms with van der Waals surface area (Å²) in [4.78, 5) is 0. The molecule has 2 nitrogen and oxygen atoms in total. The second-order valence-corrected chi connectivity index (χ2v) is 4.56. The first-order chi connectivity index (χ1) is 5.84. The van der Waals surface area contributed by atoms with Gasteiger partial charge in [-0.3, -0.25) is 0 Å². The van der Waals surface area contributed by atoms with Crippen LogP contribution in [0.4, 0.5) is 0 Å². The smallest absolute Gasteiger partial charge is 0.0712 e. The van der Waals surface area contributed by atoms with Crippen molar-refractivity contribution >= 4 is 11.8 Å². The molecule has 1 heterocycles. The summed E-state index contributed by atoms with van der Waals surface area (Å²) in [6.07, 6.45) is 2.48. The molecule has 0 saturated carbocycles. The van der Waals surface area contributed by atoms with Crippen LogP contribution in [0.15, 0.2) is 0 Å². The third kappa shape index (κ3) is 3.33. The van der Waals surface area contributed by atoms with Gasteiger partial charge in [0.15, 0.2) is 0 Å². The summed E-state index contributed by atoms with van der Waals surface area (Å²) < 4.78 is 0. The van der Waals surface area contributed by atoms with Crippen LogP contribution in [0.1, 0.15) is 19.8 Å². The molecule has 1 aliphatic heterocycles. The van der Waals surface area contributed by atoms with Crippen molar-refractivity contribution in [2.24, 2.45) is 5.92 Å². The Balaban J connectivity index is 1.98. The van der Waals surface area contributed by atoms with Gasteiger partial charge in [-0.15, -0.1) is 0 Å². The minimum atomic E-state index is -0.0980. The largest absolute Gasteiger partial charge is 0.391 e. The molecule has 1 rings (SSSR count). The van der Waals surface area contributed by atoms with E-state index in [2.05, 4.69) is 12.2 Å². The average Bonchev–Trinajstić information content (AvgIpc) is 2.46. The zero-order valence-corrected chi connectivity index (χ0v) is 8.57. The Morgan fingerprint density at radius 2 is 2.33 bits per heavy atom. The molecule has 1 saturated heterocycles. The maximum Gasteiger partial charge on any atom is 0.0712 e. The van der Waals surface area contributed by atoms with Crippen LogP contribution < -0.4 is 5.32 Å². The van der Waals surface area contributed by atoms with Gasteiger partial charge in [-0.25, -0.2) is 0 Å². The Morgan fingerprint density at radius 1 is 1.50 bits per heavy atom. The first-order valence-corrected chi connectivity index (χ1v) is 5.96. The van der Waals surface area contributed by atoms with E-state index < -0.39 is 0 Å². The quantitative estimate of drug-likeness (QED) is 0.635. The van der Waals surface area contributed by atoms with Crippen LogP contribution in [0.5, 0.6) is 0 Å². The standard InChI is InChI=1S/C9H19NOS/c1-2-3-4-12-7-8-5-10-6-9(8)11/h8-11H,2-7H2,1H3/t8-,9+/m1/s1. The lowest BCUT2D eigenvalue weighted by Crippen LogP contribution is -2.19. The van der Waals surface area contributed by atoms with Crippen LogP contribution in [-0.2, 0) is 0 Å². The summed E-state index contributed by atoms with van der Waals surface area (Å²) in [5.41, 5.74) is 0. The highest BCUT2D eigenvalue weighted by Crippen LogP contribution is 2.16. The molecule has 2 atom stereocenters. The molecule has 0 amide bonds. The summed E-state index contributed by atoms with van der Waals surface area (Å²) >= 11 is 1.98. The monoisotopic (exact) mass is 189 g/mol. The number of rotatable bonds is 5. The highest BCUT2D eigenvalue weighted by atomic mass is 32.2. The number of hydrogen-bond donors (Lipinski definition) is 2. The van der Waals surface area contributed by atoms with Crippen LogP contribution in [-0.4, -0.2) is 35.8 Å². The van der Waals surface area contributed by atoms with Gasteiger partial charge in [0.2, 0.25) is 0 Å². The Morgan fingerprint density at radius 3 is 2.92 bits per heavy atom. The van der Waals surface area contributed by atoms with E-state index in [0.717, 1.165) is 18.8 Å². The molecule has 0 aromatic rings. The van der Waals surface area contributed by atoms with Crippen molar-refractivity contribution < 1.29 is 5.11 Å². The van der Waals surface area contributed by atoms with Crippen molar-refractivity contribution in [3.63, 3.8) is 0 Å². The van der Waals surface area contributed by atoms with Gasteiger partial charge in [-0.05, 0) is 17.9 Å². The van der Waals surface area contributed by atoms with Crippen molar-refractivity contribution in [3.8, 4) is 0 Å². The first kappa shape index (κ1) is 10.4. The van der Waals surface area contributed by atoms with Gasteiger partial charge in [-0.2, -0.15) is 11.8 Å². The minimum Gasteiger partial charge on any atom is -0.391 e. The van der Waals surface area contributed by atoms with E-state index in [0.29, 0.717) is 5.92 Å². The second kappa shape index (κ2) is 5.84. The molecule has 0 spiro atoms. The van der Waals surface area contributed by atoms with Gasteiger partial charge in [0.05, 0.1) is 6.10 Å². The van der Waals surface area contributed by atoms with E-state index in [1.54, 1.807) is 0 Å². The van der Waals surface area contributed by atoms with E-state index in [1.807, 2.05) is 11.8 Å². The van der Waals surface area contributed by atoms with Crippen molar-refractivity contribution in [3.05, 3.63) is 0 Å². The lowest BCUT2D eigenvalue weighted by atomic mass is 10.1. The van der Waals surface area contributed by atoms with Crippen LogP contribution >= 0.6 is 11.8 Å². The zero-order valence-electron chi connectivity index (χ0n) is 7.75. The summed E-state index contributed by atoms with van der Waals surface area (Å²) in [6.45, 7) is 4.01. The van der Waals surface area contributed by atoms with Crippen molar-refractivity contribution in [2.75, 3.05) is 24.6 Å². The van der Waals surface area contributed by atoms with Crippen molar-refractivity contribution in [2.45, 2.75) is 25.9 Å². The first-order valence-electron chi connectivity index (χ1n) is 4.81. The van der Waals surface area contributed by atoms with Gasteiger partial charge in [0.25, 0.3) is 0 Å². The molecule has 0 radical (unpaired) electrons. The number of aliphatic hydroxyl groups is 1. The topological polar surface area (TPSA) is 32.3 Å². The van der Waals surface area contributed by atoms with Crippen molar-refractivity contribution in [1.82, 2.24) is 5.32 Å². The van der Waals surface area contributed by atoms with E-state index in [4.69, 9.17) is 0 Å². The van der Waals surface area contributed by atoms with Gasteiger partial charge >= 0.3 is 0 Å². The molecule has 12 heavy (non-hydrogen) atoms. The maximum atomic E-state index is 9.47. The molecular formula is C9H19NOS. The second-order valence-electron chi connectivity index (χ2n) is 3.41. The molecular weight excluding hydrogens is 170 g/mol. The summed E-state index contributed by atoms with van der Waals surface area (Å²) in [5.74, 6) is 2.86. The number of aliphatic hydroxyl groups excluding tert-OH is 1. The molecule has 2 N–H and O–H groups in total. The zero-order chi connectivity index (χ0) is 8.81. The van der Waals surface area contributed by atoms with E-state index in [9.17, 15) is 5.11 Å². The Hall–Kier alpha value is 0.270. The molecule has 1 aliphatic rings. The fraction of sp³-hybridized carbons (Fsp3) is 1.00. The molecule has 1 fully saturated rings. The molecule has 0 bridgehead atoms. The highest BCUT2D eigenvalue weighted by molar-refractivity contribution is 7.99. The van der Waals surface area contributed by atoms with Gasteiger partial charge in [0.1, 0.15) is 0 Å². The number of β-amino-alcohol motifs (C(OH)–C–C–N with tert-alkyl or cyclic N) is 1. The van der Waals surface area contributed by atoms with Gasteiger partial charge < -0.3 is 10.4 Å². The molecule has 72 valence electrons. The van der Waals surface area contributed by atoms with E-state index >= 15 is 0 Å². The summed E-state index contributed by atoms with van der Waals surface area (Å²) in [7, 11) is 0. The fourth-order valence-electron chi connectivity index (χ4n) is 1.37. The highest BCUT2D eigenvalue weighted by Gasteiger charge is 2.23. The predicted octanol–water partition coefficient (Wildman–Crippen LogP) is 1.10. The van der Waals surface area contributed by atoms with Crippen LogP contribution in [0, 0.1) is 5.92 Å². The molecule has 0 aliphatic carbocycles. The van der Waals surface area contributed by atoms with E-state index in [1.165, 1.54) is 18.6 Å². The third-order valence-electron chi connectivity index (χ3n) is 2.28. The minimum absolute atomic E-state index is 0.0980. The predicted molar refractivity (Wildman–Crippen MR) is 54.6 cm³/mol. The fourth-order valence-corrected chi connectivity index (χ4v) is 2.67. The van der Waals surface area contributed by atoms with Crippen LogP contribution in [0.3, 0.4) is 0 Å². The van der Waals surface area contributed by atoms with Crippen LogP contribution in [0.25, 0.3) is 0 Å². The summed E-state index contributed by atoms with van der Waals surface area (Å²) in [5, 5.41) is 12.7. The summed E-state index contributed by atoms with van der Waals surface area (Å²) in [6, 6.07) is 0. The molecule has 0 aromatic heterocycles. The maximum absolute atomic E-state index is 9.47.